The number of hydrogen-bond donors (Lipinski definition) is 1. The van der Waals surface area contributed by atoms with Gasteiger partial charge in [0.2, 0.25) is 5.91 Å². The topological polar surface area (TPSA) is 61.9 Å². The smallest absolute Gasteiger partial charge is 0.329 e. The molecule has 1 heterocycles. The molecular weight excluding hydrogens is 222 g/mol. The summed E-state index contributed by atoms with van der Waals surface area (Å²) in [6.45, 7) is 2.69. The van der Waals surface area contributed by atoms with Crippen LogP contribution in [-0.4, -0.2) is 75.1 Å². The lowest BCUT2D eigenvalue weighted by Gasteiger charge is -2.31. The van der Waals surface area contributed by atoms with Gasteiger partial charge in [-0.05, 0) is 33.6 Å². The molecule has 1 amide bonds. The van der Waals surface area contributed by atoms with Crippen LogP contribution in [0.15, 0.2) is 0 Å². The van der Waals surface area contributed by atoms with E-state index in [4.69, 9.17) is 0 Å². The molecule has 17 heavy (non-hydrogen) atoms. The van der Waals surface area contributed by atoms with Gasteiger partial charge in [-0.1, -0.05) is 0 Å². The molecule has 1 aliphatic rings. The number of carbonyl (C=O) groups excluding carboxylic acids is 2. The van der Waals surface area contributed by atoms with Gasteiger partial charge in [-0.25, -0.2) is 4.79 Å². The number of nitrogens with zero attached hydrogens (tertiary/aromatic N) is 2. The first-order chi connectivity index (χ1) is 8.02. The van der Waals surface area contributed by atoms with E-state index in [2.05, 4.69) is 15.0 Å². The third-order valence-electron chi connectivity index (χ3n) is 2.71. The van der Waals surface area contributed by atoms with Crippen LogP contribution in [0.2, 0.25) is 0 Å². The van der Waals surface area contributed by atoms with E-state index >= 15 is 0 Å². The standard InChI is InChI=1S/C11H21N3O3/c1-13(2)5-4-6-14-7-9(11(16)17-3)12-10(15)8-14/h9H,4-8H2,1-3H3,(H,12,15). The molecule has 0 bridgehead atoms. The Hall–Kier alpha value is -1.14. The minimum absolute atomic E-state index is 0.114. The van der Waals surface area contributed by atoms with Gasteiger partial charge >= 0.3 is 5.97 Å². The summed E-state index contributed by atoms with van der Waals surface area (Å²) in [5.74, 6) is -0.493. The summed E-state index contributed by atoms with van der Waals surface area (Å²) in [4.78, 5) is 26.9. The number of hydrogen-bond acceptors (Lipinski definition) is 5. The van der Waals surface area contributed by atoms with Crippen molar-refractivity contribution in [1.82, 2.24) is 15.1 Å². The van der Waals surface area contributed by atoms with Gasteiger partial charge in [-0.3, -0.25) is 9.69 Å². The highest BCUT2D eigenvalue weighted by atomic mass is 16.5. The molecule has 0 aromatic carbocycles. The van der Waals surface area contributed by atoms with Crippen molar-refractivity contribution in [2.24, 2.45) is 0 Å². The average Bonchev–Trinajstić information content (AvgIpc) is 2.26. The summed E-state index contributed by atoms with van der Waals surface area (Å²) < 4.78 is 4.64. The lowest BCUT2D eigenvalue weighted by molar-refractivity contribution is -0.147. The lowest BCUT2D eigenvalue weighted by Crippen LogP contribution is -2.57. The van der Waals surface area contributed by atoms with E-state index in [-0.39, 0.29) is 11.9 Å². The molecule has 0 aromatic heterocycles. The van der Waals surface area contributed by atoms with Gasteiger partial charge in [0.1, 0.15) is 6.04 Å². The minimum atomic E-state index is -0.527. The van der Waals surface area contributed by atoms with Gasteiger partial charge in [-0.15, -0.1) is 0 Å². The fourth-order valence-electron chi connectivity index (χ4n) is 1.87. The van der Waals surface area contributed by atoms with Gasteiger partial charge in [0, 0.05) is 6.54 Å². The first-order valence-electron chi connectivity index (χ1n) is 5.77. The number of carbonyl (C=O) groups is 2. The van der Waals surface area contributed by atoms with E-state index in [0.29, 0.717) is 13.1 Å². The molecule has 1 saturated heterocycles. The summed E-state index contributed by atoms with van der Waals surface area (Å²) in [7, 11) is 5.36. The van der Waals surface area contributed by atoms with Crippen LogP contribution < -0.4 is 5.32 Å². The van der Waals surface area contributed by atoms with Gasteiger partial charge < -0.3 is 15.0 Å². The van der Waals surface area contributed by atoms with E-state index in [1.807, 2.05) is 19.0 Å². The zero-order chi connectivity index (χ0) is 12.8. The highest BCUT2D eigenvalue weighted by Gasteiger charge is 2.29. The fourth-order valence-corrected chi connectivity index (χ4v) is 1.87. The third kappa shape index (κ3) is 4.70. The molecule has 1 unspecified atom stereocenters. The Kier molecular flexibility index (Phi) is 5.37. The molecule has 0 spiro atoms. The van der Waals surface area contributed by atoms with E-state index in [9.17, 15) is 9.59 Å². The number of nitrogens with one attached hydrogen (secondary N) is 1. The van der Waals surface area contributed by atoms with Crippen molar-refractivity contribution in [3.63, 3.8) is 0 Å². The molecular formula is C11H21N3O3. The molecule has 6 heteroatoms. The normalized spacial score (nSPS) is 21.4. The van der Waals surface area contributed by atoms with Crippen molar-refractivity contribution in [2.45, 2.75) is 12.5 Å². The number of esters is 1. The molecule has 98 valence electrons. The van der Waals surface area contributed by atoms with Gasteiger partial charge in [-0.2, -0.15) is 0 Å². The number of rotatable bonds is 5. The second-order valence-corrected chi connectivity index (χ2v) is 4.54. The molecule has 0 saturated carbocycles. The van der Waals surface area contributed by atoms with Gasteiger partial charge in [0.15, 0.2) is 0 Å². The highest BCUT2D eigenvalue weighted by molar-refractivity contribution is 5.86. The summed E-state index contributed by atoms with van der Waals surface area (Å²) in [6.07, 6.45) is 0.980. The Morgan fingerprint density at radius 2 is 2.29 bits per heavy atom. The Labute approximate surface area is 102 Å². The van der Waals surface area contributed by atoms with Crippen LogP contribution in [0.5, 0.6) is 0 Å². The average molecular weight is 243 g/mol. The van der Waals surface area contributed by atoms with Crippen LogP contribution in [0.4, 0.5) is 0 Å². The van der Waals surface area contributed by atoms with Crippen LogP contribution in [0.25, 0.3) is 0 Å². The maximum atomic E-state index is 11.4. The number of ether oxygens (including phenoxy) is 1. The molecule has 1 rings (SSSR count). The predicted octanol–water partition coefficient (Wildman–Crippen LogP) is -1.09. The van der Waals surface area contributed by atoms with Crippen LogP contribution in [0.3, 0.4) is 0 Å². The Morgan fingerprint density at radius 3 is 2.88 bits per heavy atom. The van der Waals surface area contributed by atoms with E-state index < -0.39 is 6.04 Å². The van der Waals surface area contributed by atoms with E-state index in [0.717, 1.165) is 19.5 Å². The Bertz CT molecular complexity index is 281. The summed E-state index contributed by atoms with van der Waals surface area (Å²) in [5.41, 5.74) is 0. The zero-order valence-corrected chi connectivity index (χ0v) is 10.7. The zero-order valence-electron chi connectivity index (χ0n) is 10.7. The van der Waals surface area contributed by atoms with Crippen LogP contribution >= 0.6 is 0 Å². The Balaban J connectivity index is 2.39. The highest BCUT2D eigenvalue weighted by Crippen LogP contribution is 2.03. The molecule has 6 nitrogen and oxygen atoms in total. The maximum absolute atomic E-state index is 11.4. The molecule has 0 aliphatic carbocycles. The largest absolute Gasteiger partial charge is 0.467 e. The van der Waals surface area contributed by atoms with Crippen molar-refractivity contribution >= 4 is 11.9 Å². The second kappa shape index (κ2) is 6.56. The van der Waals surface area contributed by atoms with Crippen LogP contribution in [0, 0.1) is 0 Å². The molecule has 0 aromatic rings. The van der Waals surface area contributed by atoms with Crippen molar-refractivity contribution in [1.29, 1.82) is 0 Å². The SMILES string of the molecule is COC(=O)C1CN(CCCN(C)C)CC(=O)N1. The quantitative estimate of drug-likeness (QED) is 0.622. The Morgan fingerprint density at radius 1 is 1.59 bits per heavy atom. The number of methoxy groups -OCH3 is 1. The minimum Gasteiger partial charge on any atom is -0.467 e. The summed E-state index contributed by atoms with van der Waals surface area (Å²) in [5, 5.41) is 2.63. The second-order valence-electron chi connectivity index (χ2n) is 4.54. The molecule has 0 radical (unpaired) electrons. The third-order valence-corrected chi connectivity index (χ3v) is 2.71. The molecule has 1 aliphatic heterocycles. The predicted molar refractivity (Wildman–Crippen MR) is 63.6 cm³/mol. The first kappa shape index (κ1) is 13.9. The van der Waals surface area contributed by atoms with Crippen molar-refractivity contribution in [3.8, 4) is 0 Å². The van der Waals surface area contributed by atoms with Gasteiger partial charge in [0.25, 0.3) is 0 Å². The lowest BCUT2D eigenvalue weighted by atomic mass is 10.2. The first-order valence-corrected chi connectivity index (χ1v) is 5.77. The van der Waals surface area contributed by atoms with Crippen LogP contribution in [-0.2, 0) is 14.3 Å². The van der Waals surface area contributed by atoms with E-state index in [1.165, 1.54) is 7.11 Å². The van der Waals surface area contributed by atoms with E-state index in [1.54, 1.807) is 0 Å². The monoisotopic (exact) mass is 243 g/mol. The molecule has 1 fully saturated rings. The number of piperazine rings is 1. The molecule has 1 N–H and O–H groups in total. The maximum Gasteiger partial charge on any atom is 0.329 e. The summed E-state index contributed by atoms with van der Waals surface area (Å²) >= 11 is 0. The fraction of sp³-hybridized carbons (Fsp3) is 0.818. The van der Waals surface area contributed by atoms with Crippen molar-refractivity contribution in [3.05, 3.63) is 0 Å². The van der Waals surface area contributed by atoms with Gasteiger partial charge in [0.05, 0.1) is 13.7 Å². The summed E-state index contributed by atoms with van der Waals surface area (Å²) in [6, 6.07) is -0.527. The van der Waals surface area contributed by atoms with Crippen molar-refractivity contribution < 1.29 is 14.3 Å². The molecule has 1 atom stereocenters. The van der Waals surface area contributed by atoms with Crippen LogP contribution in [0.1, 0.15) is 6.42 Å². The number of amides is 1. The van der Waals surface area contributed by atoms with Crippen molar-refractivity contribution in [2.75, 3.05) is 47.4 Å².